The van der Waals surface area contributed by atoms with Crippen molar-refractivity contribution < 1.29 is 22.7 Å². The van der Waals surface area contributed by atoms with E-state index < -0.39 is 41.5 Å². The normalized spacial score (nSPS) is 14.8. The van der Waals surface area contributed by atoms with Crippen LogP contribution < -0.4 is 5.73 Å². The van der Waals surface area contributed by atoms with E-state index in [0.29, 0.717) is 5.56 Å². The fourth-order valence-corrected chi connectivity index (χ4v) is 2.49. The van der Waals surface area contributed by atoms with Crippen molar-refractivity contribution in [3.05, 3.63) is 71.0 Å². The molecule has 6 heteroatoms. The van der Waals surface area contributed by atoms with E-state index in [9.17, 15) is 18.0 Å². The van der Waals surface area contributed by atoms with E-state index >= 15 is 0 Å². The highest BCUT2D eigenvalue weighted by Gasteiger charge is 2.28. The van der Waals surface area contributed by atoms with E-state index in [4.69, 9.17) is 10.5 Å². The van der Waals surface area contributed by atoms with Gasteiger partial charge in [0.2, 0.25) is 0 Å². The van der Waals surface area contributed by atoms with Crippen LogP contribution in [0.15, 0.2) is 42.5 Å². The van der Waals surface area contributed by atoms with Crippen molar-refractivity contribution in [3.8, 4) is 0 Å². The summed E-state index contributed by atoms with van der Waals surface area (Å²) in [6.45, 7) is 3.05. The Kier molecular flexibility index (Phi) is 5.62. The summed E-state index contributed by atoms with van der Waals surface area (Å²) in [6, 6.07) is 7.72. The number of nitrogens with two attached hydrogens (primary N) is 1. The molecule has 3 atom stereocenters. The van der Waals surface area contributed by atoms with Gasteiger partial charge in [0.25, 0.3) is 0 Å². The van der Waals surface area contributed by atoms with E-state index in [1.54, 1.807) is 6.92 Å². The van der Waals surface area contributed by atoms with Gasteiger partial charge in [0, 0.05) is 12.0 Å². The predicted molar refractivity (Wildman–Crippen MR) is 83.8 cm³/mol. The number of carbonyl (C=O) groups excluding carboxylic acids is 1. The minimum atomic E-state index is -0.834. The summed E-state index contributed by atoms with van der Waals surface area (Å²) in [5, 5.41) is 0. The highest BCUT2D eigenvalue weighted by molar-refractivity contribution is 5.75. The molecule has 24 heavy (non-hydrogen) atoms. The zero-order chi connectivity index (χ0) is 17.9. The first kappa shape index (κ1) is 18.0. The zero-order valence-corrected chi connectivity index (χ0v) is 13.3. The molecule has 2 aromatic carbocycles. The number of ether oxygens (including phenoxy) is 1. The monoisotopic (exact) mass is 337 g/mol. The number of hydrogen-bond donors (Lipinski definition) is 1. The van der Waals surface area contributed by atoms with Crippen LogP contribution in [0.5, 0.6) is 0 Å². The van der Waals surface area contributed by atoms with Gasteiger partial charge in [-0.05, 0) is 43.2 Å². The van der Waals surface area contributed by atoms with Gasteiger partial charge in [-0.25, -0.2) is 13.2 Å². The van der Waals surface area contributed by atoms with Crippen LogP contribution in [-0.2, 0) is 9.53 Å². The summed E-state index contributed by atoms with van der Waals surface area (Å²) >= 11 is 0. The van der Waals surface area contributed by atoms with Gasteiger partial charge in [-0.2, -0.15) is 0 Å². The molecule has 3 nitrogen and oxygen atoms in total. The first-order chi connectivity index (χ1) is 11.3. The maximum atomic E-state index is 14.2. The molecule has 2 N–H and O–H groups in total. The molecule has 0 bridgehead atoms. The molecule has 0 radical (unpaired) electrons. The van der Waals surface area contributed by atoms with Crippen LogP contribution in [-0.4, -0.2) is 18.1 Å². The molecule has 0 spiro atoms. The summed E-state index contributed by atoms with van der Waals surface area (Å²) in [7, 11) is 0. The van der Waals surface area contributed by atoms with Gasteiger partial charge < -0.3 is 10.5 Å². The van der Waals surface area contributed by atoms with Gasteiger partial charge in [-0.15, -0.1) is 0 Å². The molecule has 2 aromatic rings. The van der Waals surface area contributed by atoms with Gasteiger partial charge >= 0.3 is 5.97 Å². The Balaban J connectivity index is 2.44. The Morgan fingerprint density at radius 2 is 1.58 bits per heavy atom. The van der Waals surface area contributed by atoms with E-state index in [1.807, 2.05) is 0 Å². The van der Waals surface area contributed by atoms with Crippen molar-refractivity contribution in [3.63, 3.8) is 0 Å². The topological polar surface area (TPSA) is 52.3 Å². The lowest BCUT2D eigenvalue weighted by molar-refractivity contribution is -0.150. The predicted octanol–water partition coefficient (Wildman–Crippen LogP) is 3.51. The fourth-order valence-electron chi connectivity index (χ4n) is 2.49. The van der Waals surface area contributed by atoms with Gasteiger partial charge in [0.1, 0.15) is 29.6 Å². The van der Waals surface area contributed by atoms with Gasteiger partial charge in [-0.1, -0.05) is 18.2 Å². The summed E-state index contributed by atoms with van der Waals surface area (Å²) in [5.41, 5.74) is 6.16. The Labute approximate surface area is 138 Å². The average Bonchev–Trinajstić information content (AvgIpc) is 2.51. The molecule has 0 aliphatic carbocycles. The summed E-state index contributed by atoms with van der Waals surface area (Å²) in [5.74, 6) is -3.30. The van der Waals surface area contributed by atoms with E-state index in [2.05, 4.69) is 0 Å². The lowest BCUT2D eigenvalue weighted by Gasteiger charge is -2.26. The second-order valence-corrected chi connectivity index (χ2v) is 5.63. The van der Waals surface area contributed by atoms with Crippen LogP contribution in [0.25, 0.3) is 0 Å². The third kappa shape index (κ3) is 4.14. The molecule has 0 unspecified atom stereocenters. The quantitative estimate of drug-likeness (QED) is 0.850. The Hall–Kier alpha value is -2.34. The van der Waals surface area contributed by atoms with Crippen LogP contribution in [0.4, 0.5) is 13.2 Å². The summed E-state index contributed by atoms with van der Waals surface area (Å²) in [6.07, 6.45) is -0.783. The first-order valence-electron chi connectivity index (χ1n) is 7.46. The van der Waals surface area contributed by atoms with Crippen molar-refractivity contribution in [1.82, 2.24) is 0 Å². The standard InChI is InChI=1S/C18H18F3NO2/c1-10(22)18(23)24-11(2)17(12-3-5-13(19)6-4-12)15-8-7-14(20)9-16(15)21/h3-11,17H,22H2,1-2H3/t10-,11-,17-/m0/s1. The number of hydrogen-bond acceptors (Lipinski definition) is 3. The van der Waals surface area contributed by atoms with Gasteiger partial charge in [0.05, 0.1) is 0 Å². The SMILES string of the molecule is C[C@H](N)C(=O)O[C@@H](C)[C@@H](c1ccc(F)cc1)c1ccc(F)cc1F. The number of esters is 1. The Bertz CT molecular complexity index is 717. The Morgan fingerprint density at radius 1 is 1.00 bits per heavy atom. The molecule has 2 rings (SSSR count). The van der Waals surface area contributed by atoms with Crippen LogP contribution in [0.2, 0.25) is 0 Å². The molecule has 128 valence electrons. The van der Waals surface area contributed by atoms with Gasteiger partial charge in [0.15, 0.2) is 0 Å². The maximum Gasteiger partial charge on any atom is 0.322 e. The molecule has 0 heterocycles. The minimum Gasteiger partial charge on any atom is -0.461 e. The van der Waals surface area contributed by atoms with Crippen LogP contribution >= 0.6 is 0 Å². The lowest BCUT2D eigenvalue weighted by Crippen LogP contribution is -2.34. The second kappa shape index (κ2) is 7.49. The number of carbonyl (C=O) groups is 1. The highest BCUT2D eigenvalue weighted by Crippen LogP contribution is 2.32. The van der Waals surface area contributed by atoms with E-state index in [-0.39, 0.29) is 5.56 Å². The van der Waals surface area contributed by atoms with Crippen molar-refractivity contribution in [1.29, 1.82) is 0 Å². The van der Waals surface area contributed by atoms with E-state index in [1.165, 1.54) is 37.3 Å². The van der Waals surface area contributed by atoms with Crippen molar-refractivity contribution in [2.45, 2.75) is 31.9 Å². The maximum absolute atomic E-state index is 14.2. The molecule has 0 aliphatic heterocycles. The smallest absolute Gasteiger partial charge is 0.322 e. The molecule has 0 aliphatic rings. The molecular weight excluding hydrogens is 319 g/mol. The van der Waals surface area contributed by atoms with Gasteiger partial charge in [-0.3, -0.25) is 4.79 Å². The minimum absolute atomic E-state index is 0.146. The largest absolute Gasteiger partial charge is 0.461 e. The second-order valence-electron chi connectivity index (χ2n) is 5.63. The lowest BCUT2D eigenvalue weighted by atomic mass is 9.86. The van der Waals surface area contributed by atoms with Crippen LogP contribution in [0.1, 0.15) is 30.9 Å². The van der Waals surface area contributed by atoms with E-state index in [0.717, 1.165) is 12.1 Å². The summed E-state index contributed by atoms with van der Waals surface area (Å²) < 4.78 is 45.9. The fraction of sp³-hybridized carbons (Fsp3) is 0.278. The Morgan fingerprint density at radius 3 is 2.12 bits per heavy atom. The molecule has 0 saturated heterocycles. The van der Waals surface area contributed by atoms with Crippen LogP contribution in [0.3, 0.4) is 0 Å². The highest BCUT2D eigenvalue weighted by atomic mass is 19.1. The molecular formula is C18H18F3NO2. The summed E-state index contributed by atoms with van der Waals surface area (Å²) in [4.78, 5) is 11.8. The molecule has 0 saturated carbocycles. The molecule has 0 amide bonds. The first-order valence-corrected chi connectivity index (χ1v) is 7.46. The molecule has 0 aromatic heterocycles. The van der Waals surface area contributed by atoms with Crippen LogP contribution in [0, 0.1) is 17.5 Å². The zero-order valence-electron chi connectivity index (χ0n) is 13.3. The third-order valence-corrected chi connectivity index (χ3v) is 3.67. The third-order valence-electron chi connectivity index (χ3n) is 3.67. The van der Waals surface area contributed by atoms with Crippen molar-refractivity contribution in [2.24, 2.45) is 5.73 Å². The van der Waals surface area contributed by atoms with Crippen molar-refractivity contribution in [2.75, 3.05) is 0 Å². The number of halogens is 3. The average molecular weight is 337 g/mol. The van der Waals surface area contributed by atoms with Crippen molar-refractivity contribution >= 4 is 5.97 Å². The number of rotatable bonds is 5. The molecule has 0 fully saturated rings. The number of benzene rings is 2.